The van der Waals surface area contributed by atoms with Crippen LogP contribution in [0.1, 0.15) is 61.8 Å². The van der Waals surface area contributed by atoms with Crippen LogP contribution in [0.4, 0.5) is 0 Å². The number of carbonyl (C=O) groups excluding carboxylic acids is 1. The molecular formula is C15H30O2. The molecule has 1 unspecified atom stereocenters. The summed E-state index contributed by atoms with van der Waals surface area (Å²) in [5.74, 6) is 0.793. The van der Waals surface area contributed by atoms with Gasteiger partial charge in [0.1, 0.15) is 5.60 Å². The van der Waals surface area contributed by atoms with Crippen molar-refractivity contribution in [3.8, 4) is 0 Å². The van der Waals surface area contributed by atoms with E-state index in [4.69, 9.17) is 4.74 Å². The number of carbonyl (C=O) groups is 1. The molecule has 0 aliphatic carbocycles. The average Bonchev–Trinajstić information content (AvgIpc) is 2.24. The smallest absolute Gasteiger partial charge is 0.166 e. The molecule has 0 spiro atoms. The molecular weight excluding hydrogens is 212 g/mol. The molecule has 2 heteroatoms. The second-order valence-corrected chi connectivity index (χ2v) is 6.62. The Morgan fingerprint density at radius 3 is 1.94 bits per heavy atom. The van der Waals surface area contributed by atoms with Gasteiger partial charge in [0, 0.05) is 5.92 Å². The Kier molecular flexibility index (Phi) is 5.86. The molecule has 0 aromatic rings. The number of ether oxygens (including phenoxy) is 1. The van der Waals surface area contributed by atoms with Gasteiger partial charge in [-0.25, -0.2) is 0 Å². The second kappa shape index (κ2) is 5.99. The van der Waals surface area contributed by atoms with Gasteiger partial charge in [-0.2, -0.15) is 0 Å². The average molecular weight is 242 g/mol. The fourth-order valence-corrected chi connectivity index (χ4v) is 1.83. The number of hydrogen-bond acceptors (Lipinski definition) is 2. The van der Waals surface area contributed by atoms with Crippen molar-refractivity contribution in [2.24, 2.45) is 17.3 Å². The standard InChI is InChI=1S/C15H30O2/c1-9-12(4)14(5,6)10-17-15(7,8)13(16)11(2)3/h11-12H,9-10H2,1-8H3. The Morgan fingerprint density at radius 1 is 1.12 bits per heavy atom. The highest BCUT2D eigenvalue weighted by Gasteiger charge is 2.34. The Bertz CT molecular complexity index is 252. The molecule has 0 heterocycles. The molecule has 0 saturated heterocycles. The van der Waals surface area contributed by atoms with Crippen molar-refractivity contribution in [3.05, 3.63) is 0 Å². The van der Waals surface area contributed by atoms with E-state index >= 15 is 0 Å². The van der Waals surface area contributed by atoms with Gasteiger partial charge >= 0.3 is 0 Å². The third-order valence-electron chi connectivity index (χ3n) is 3.87. The Balaban J connectivity index is 4.51. The zero-order valence-corrected chi connectivity index (χ0v) is 12.9. The van der Waals surface area contributed by atoms with Crippen LogP contribution in [0.3, 0.4) is 0 Å². The van der Waals surface area contributed by atoms with Crippen LogP contribution in [0.5, 0.6) is 0 Å². The summed E-state index contributed by atoms with van der Waals surface area (Å²) >= 11 is 0. The highest BCUT2D eigenvalue weighted by atomic mass is 16.5. The second-order valence-electron chi connectivity index (χ2n) is 6.62. The molecule has 0 aliphatic heterocycles. The van der Waals surface area contributed by atoms with Crippen molar-refractivity contribution in [2.45, 2.75) is 67.4 Å². The number of hydrogen-bond donors (Lipinski definition) is 0. The lowest BCUT2D eigenvalue weighted by Crippen LogP contribution is -2.41. The van der Waals surface area contributed by atoms with Crippen LogP contribution in [0, 0.1) is 17.3 Å². The van der Waals surface area contributed by atoms with Crippen LogP contribution in [-0.4, -0.2) is 18.0 Å². The lowest BCUT2D eigenvalue weighted by Gasteiger charge is -2.35. The van der Waals surface area contributed by atoms with E-state index in [1.54, 1.807) is 0 Å². The van der Waals surface area contributed by atoms with Gasteiger partial charge in [0.05, 0.1) is 6.61 Å². The highest BCUT2D eigenvalue weighted by molar-refractivity contribution is 5.88. The van der Waals surface area contributed by atoms with Crippen molar-refractivity contribution in [3.63, 3.8) is 0 Å². The maximum atomic E-state index is 12.0. The summed E-state index contributed by atoms with van der Waals surface area (Å²) in [7, 11) is 0. The molecule has 0 aliphatic rings. The maximum absolute atomic E-state index is 12.0. The largest absolute Gasteiger partial charge is 0.367 e. The summed E-state index contributed by atoms with van der Waals surface area (Å²) in [6.45, 7) is 17.1. The van der Waals surface area contributed by atoms with Gasteiger partial charge in [-0.15, -0.1) is 0 Å². The molecule has 2 nitrogen and oxygen atoms in total. The fraction of sp³-hybridized carbons (Fsp3) is 0.933. The molecule has 0 bridgehead atoms. The van der Waals surface area contributed by atoms with Crippen molar-refractivity contribution >= 4 is 5.78 Å². The first-order chi connectivity index (χ1) is 7.54. The summed E-state index contributed by atoms with van der Waals surface area (Å²) in [4.78, 5) is 12.0. The lowest BCUT2D eigenvalue weighted by molar-refractivity contribution is -0.148. The topological polar surface area (TPSA) is 26.3 Å². The predicted octanol–water partition coefficient (Wildman–Crippen LogP) is 4.08. The van der Waals surface area contributed by atoms with Crippen LogP contribution >= 0.6 is 0 Å². The molecule has 0 aromatic carbocycles. The molecule has 0 N–H and O–H groups in total. The summed E-state index contributed by atoms with van der Waals surface area (Å²) in [6.07, 6.45) is 1.13. The summed E-state index contributed by atoms with van der Waals surface area (Å²) in [5, 5.41) is 0. The molecule has 102 valence electrons. The molecule has 0 amide bonds. The third kappa shape index (κ3) is 4.79. The van der Waals surface area contributed by atoms with Gasteiger partial charge in [-0.1, -0.05) is 48.0 Å². The Labute approximate surface area is 107 Å². The molecule has 0 aromatic heterocycles. The molecule has 0 saturated carbocycles. The SMILES string of the molecule is CCC(C)C(C)(C)COC(C)(C)C(=O)C(C)C. The van der Waals surface area contributed by atoms with Crippen LogP contribution in [0.15, 0.2) is 0 Å². The third-order valence-corrected chi connectivity index (χ3v) is 3.87. The summed E-state index contributed by atoms with van der Waals surface area (Å²) in [5.41, 5.74) is -0.553. The van der Waals surface area contributed by atoms with E-state index < -0.39 is 5.60 Å². The van der Waals surface area contributed by atoms with Crippen LogP contribution in [0.2, 0.25) is 0 Å². The maximum Gasteiger partial charge on any atom is 0.166 e. The molecule has 1 atom stereocenters. The van der Waals surface area contributed by atoms with Gasteiger partial charge in [0.15, 0.2) is 5.78 Å². The van der Waals surface area contributed by atoms with Crippen molar-refractivity contribution in [2.75, 3.05) is 6.61 Å². The van der Waals surface area contributed by atoms with E-state index in [1.807, 2.05) is 27.7 Å². The molecule has 0 fully saturated rings. The van der Waals surface area contributed by atoms with Gasteiger partial charge in [0.2, 0.25) is 0 Å². The number of rotatable bonds is 7. The first-order valence-corrected chi connectivity index (χ1v) is 6.73. The van der Waals surface area contributed by atoms with Crippen LogP contribution < -0.4 is 0 Å². The minimum absolute atomic E-state index is 0.0247. The van der Waals surface area contributed by atoms with E-state index in [0.717, 1.165) is 6.42 Å². The molecule has 0 radical (unpaired) electrons. The van der Waals surface area contributed by atoms with Crippen molar-refractivity contribution in [1.29, 1.82) is 0 Å². The van der Waals surface area contributed by atoms with Gasteiger partial charge in [-0.05, 0) is 25.2 Å². The normalized spacial score (nSPS) is 15.1. The Hall–Kier alpha value is -0.370. The summed E-state index contributed by atoms with van der Waals surface area (Å²) in [6, 6.07) is 0. The quantitative estimate of drug-likeness (QED) is 0.672. The van der Waals surface area contributed by atoms with E-state index in [-0.39, 0.29) is 17.1 Å². The van der Waals surface area contributed by atoms with Gasteiger partial charge < -0.3 is 4.74 Å². The van der Waals surface area contributed by atoms with E-state index in [0.29, 0.717) is 12.5 Å². The minimum Gasteiger partial charge on any atom is -0.367 e. The van der Waals surface area contributed by atoms with E-state index in [9.17, 15) is 4.79 Å². The zero-order valence-electron chi connectivity index (χ0n) is 12.9. The summed E-state index contributed by atoms with van der Waals surface area (Å²) < 4.78 is 5.89. The minimum atomic E-state index is -0.668. The Morgan fingerprint density at radius 2 is 1.59 bits per heavy atom. The van der Waals surface area contributed by atoms with E-state index in [1.165, 1.54) is 0 Å². The predicted molar refractivity (Wildman–Crippen MR) is 73.1 cm³/mol. The molecule has 17 heavy (non-hydrogen) atoms. The molecule has 0 rings (SSSR count). The number of ketones is 1. The van der Waals surface area contributed by atoms with E-state index in [2.05, 4.69) is 27.7 Å². The van der Waals surface area contributed by atoms with Crippen molar-refractivity contribution in [1.82, 2.24) is 0 Å². The first-order valence-electron chi connectivity index (χ1n) is 6.73. The highest BCUT2D eigenvalue weighted by Crippen LogP contribution is 2.31. The van der Waals surface area contributed by atoms with Gasteiger partial charge in [-0.3, -0.25) is 4.79 Å². The van der Waals surface area contributed by atoms with Crippen molar-refractivity contribution < 1.29 is 9.53 Å². The monoisotopic (exact) mass is 242 g/mol. The van der Waals surface area contributed by atoms with Gasteiger partial charge in [0.25, 0.3) is 0 Å². The first kappa shape index (κ1) is 16.6. The lowest BCUT2D eigenvalue weighted by atomic mass is 9.79. The fourth-order valence-electron chi connectivity index (χ4n) is 1.83. The zero-order chi connectivity index (χ0) is 13.9. The van der Waals surface area contributed by atoms with Crippen LogP contribution in [-0.2, 0) is 9.53 Å². The van der Waals surface area contributed by atoms with Crippen LogP contribution in [0.25, 0.3) is 0 Å². The number of Topliss-reactive ketones (excluding diaryl/α,β-unsaturated/α-hetero) is 1.